The highest BCUT2D eigenvalue weighted by Gasteiger charge is 2.47. The summed E-state index contributed by atoms with van der Waals surface area (Å²) in [5.74, 6) is -1.31. The molecular weight excluding hydrogens is 442 g/mol. The Hall–Kier alpha value is -3.48. The van der Waals surface area contributed by atoms with Crippen LogP contribution in [0.3, 0.4) is 0 Å². The normalized spacial score (nSPS) is 19.9. The summed E-state index contributed by atoms with van der Waals surface area (Å²) in [5.41, 5.74) is 2.59. The molecule has 184 valence electrons. The zero-order valence-corrected chi connectivity index (χ0v) is 20.6. The number of anilines is 2. The number of rotatable bonds is 6. The van der Waals surface area contributed by atoms with E-state index in [-0.39, 0.29) is 53.8 Å². The van der Waals surface area contributed by atoms with Gasteiger partial charge in [-0.3, -0.25) is 24.1 Å². The number of imide groups is 1. The van der Waals surface area contributed by atoms with Crippen molar-refractivity contribution in [3.8, 4) is 0 Å². The van der Waals surface area contributed by atoms with Gasteiger partial charge in [-0.25, -0.2) is 0 Å². The van der Waals surface area contributed by atoms with Crippen molar-refractivity contribution in [1.29, 1.82) is 0 Å². The van der Waals surface area contributed by atoms with Crippen LogP contribution in [0.15, 0.2) is 48.5 Å². The van der Waals surface area contributed by atoms with E-state index < -0.39 is 0 Å². The molecule has 2 unspecified atom stereocenters. The van der Waals surface area contributed by atoms with Crippen molar-refractivity contribution in [3.05, 3.63) is 59.7 Å². The fraction of sp³-hybridized carbons (Fsp3) is 0.429. The summed E-state index contributed by atoms with van der Waals surface area (Å²) in [6.07, 6.45) is 3.46. The number of nitrogens with one attached hydrogen (secondary N) is 2. The smallest absolute Gasteiger partial charge is 0.255 e. The number of nitrogens with zero attached hydrogens (tertiary/aromatic N) is 1. The van der Waals surface area contributed by atoms with Crippen LogP contribution < -0.4 is 10.6 Å². The van der Waals surface area contributed by atoms with E-state index in [4.69, 9.17) is 0 Å². The molecule has 2 N–H and O–H groups in total. The largest absolute Gasteiger partial charge is 0.324 e. The molecule has 0 bridgehead atoms. The molecule has 2 aliphatic rings. The maximum absolute atomic E-state index is 12.8. The van der Waals surface area contributed by atoms with Gasteiger partial charge in [0, 0.05) is 18.5 Å². The zero-order valence-electron chi connectivity index (χ0n) is 20.6. The van der Waals surface area contributed by atoms with Crippen LogP contribution in [0.1, 0.15) is 68.8 Å². The SMILES string of the molecule is CC(C)(C)c1ccc(C(=O)Nc2ccccc2NC(=O)CCN2C(=O)C3CCCCC3C2=O)cc1. The minimum Gasteiger partial charge on any atom is -0.324 e. The van der Waals surface area contributed by atoms with E-state index >= 15 is 0 Å². The Balaban J connectivity index is 1.36. The number of carbonyl (C=O) groups excluding carboxylic acids is 4. The summed E-state index contributed by atoms with van der Waals surface area (Å²) in [6, 6.07) is 14.4. The van der Waals surface area contributed by atoms with Crippen molar-refractivity contribution in [1.82, 2.24) is 4.90 Å². The fourth-order valence-electron chi connectivity index (χ4n) is 4.89. The molecule has 2 atom stereocenters. The Morgan fingerprint density at radius 3 is 1.94 bits per heavy atom. The van der Waals surface area contributed by atoms with Gasteiger partial charge in [0.25, 0.3) is 5.91 Å². The van der Waals surface area contributed by atoms with Crippen molar-refractivity contribution in [3.63, 3.8) is 0 Å². The Morgan fingerprint density at radius 2 is 1.40 bits per heavy atom. The molecule has 7 heteroatoms. The van der Waals surface area contributed by atoms with Gasteiger partial charge in [-0.1, -0.05) is 57.9 Å². The van der Waals surface area contributed by atoms with Gasteiger partial charge in [0.05, 0.1) is 23.2 Å². The molecule has 2 aromatic rings. The average molecular weight is 476 g/mol. The van der Waals surface area contributed by atoms with Crippen LogP contribution in [0.25, 0.3) is 0 Å². The summed E-state index contributed by atoms with van der Waals surface area (Å²) in [4.78, 5) is 52.0. The minimum absolute atomic E-state index is 0.00576. The first-order chi connectivity index (χ1) is 16.6. The highest BCUT2D eigenvalue weighted by atomic mass is 16.2. The minimum atomic E-state index is -0.322. The van der Waals surface area contributed by atoms with Crippen LogP contribution in [0.2, 0.25) is 0 Å². The first kappa shape index (κ1) is 24.6. The lowest BCUT2D eigenvalue weighted by molar-refractivity contribution is -0.140. The van der Waals surface area contributed by atoms with Crippen LogP contribution in [0, 0.1) is 11.8 Å². The summed E-state index contributed by atoms with van der Waals surface area (Å²) < 4.78 is 0. The van der Waals surface area contributed by atoms with Crippen LogP contribution in [0.5, 0.6) is 0 Å². The molecule has 1 aliphatic carbocycles. The van der Waals surface area contributed by atoms with Crippen molar-refractivity contribution >= 4 is 35.0 Å². The Morgan fingerprint density at radius 1 is 0.857 bits per heavy atom. The van der Waals surface area contributed by atoms with Gasteiger partial charge in [0.2, 0.25) is 17.7 Å². The van der Waals surface area contributed by atoms with E-state index in [1.165, 1.54) is 4.90 Å². The maximum atomic E-state index is 12.8. The van der Waals surface area contributed by atoms with E-state index in [0.717, 1.165) is 31.2 Å². The third kappa shape index (κ3) is 5.45. The van der Waals surface area contributed by atoms with Crippen molar-refractivity contribution < 1.29 is 19.2 Å². The molecule has 0 aromatic heterocycles. The number of para-hydroxylation sites is 2. The second kappa shape index (κ2) is 10.0. The molecule has 1 saturated heterocycles. The van der Waals surface area contributed by atoms with Gasteiger partial charge in [0.15, 0.2) is 0 Å². The topological polar surface area (TPSA) is 95.6 Å². The highest BCUT2D eigenvalue weighted by Crippen LogP contribution is 2.38. The number of amides is 4. The lowest BCUT2D eigenvalue weighted by Gasteiger charge is -2.19. The van der Waals surface area contributed by atoms with Gasteiger partial charge < -0.3 is 10.6 Å². The summed E-state index contributed by atoms with van der Waals surface area (Å²) in [6.45, 7) is 6.42. The summed E-state index contributed by atoms with van der Waals surface area (Å²) in [5, 5.41) is 5.67. The second-order valence-electron chi connectivity index (χ2n) is 10.5. The zero-order chi connectivity index (χ0) is 25.2. The van der Waals surface area contributed by atoms with Crippen molar-refractivity contribution in [2.24, 2.45) is 11.8 Å². The van der Waals surface area contributed by atoms with Gasteiger partial charge in [-0.15, -0.1) is 0 Å². The lowest BCUT2D eigenvalue weighted by atomic mass is 9.81. The van der Waals surface area contributed by atoms with Gasteiger partial charge in [0.1, 0.15) is 0 Å². The summed E-state index contributed by atoms with van der Waals surface area (Å²) in [7, 11) is 0. The molecule has 0 radical (unpaired) electrons. The van der Waals surface area contributed by atoms with Crippen molar-refractivity contribution in [2.75, 3.05) is 17.2 Å². The first-order valence-electron chi connectivity index (χ1n) is 12.3. The molecular formula is C28H33N3O4. The lowest BCUT2D eigenvalue weighted by Crippen LogP contribution is -2.34. The van der Waals surface area contributed by atoms with Crippen LogP contribution in [-0.2, 0) is 19.8 Å². The number of benzene rings is 2. The number of fused-ring (bicyclic) bond motifs is 1. The molecule has 1 saturated carbocycles. The van der Waals surface area contributed by atoms with E-state index in [1.807, 2.05) is 12.1 Å². The standard InChI is InChI=1S/C28H33N3O4/c1-28(2,3)19-14-12-18(13-15-19)25(33)30-23-11-7-6-10-22(23)29-24(32)16-17-31-26(34)20-8-4-5-9-21(20)27(31)35/h6-7,10-15,20-21H,4-5,8-9,16-17H2,1-3H3,(H,29,32)(H,30,33). The number of carbonyl (C=O) groups is 4. The average Bonchev–Trinajstić information content (AvgIpc) is 3.08. The highest BCUT2D eigenvalue weighted by molar-refractivity contribution is 6.08. The predicted octanol–water partition coefficient (Wildman–Crippen LogP) is 4.74. The first-order valence-corrected chi connectivity index (χ1v) is 12.3. The van der Waals surface area contributed by atoms with Crippen LogP contribution >= 0.6 is 0 Å². The van der Waals surface area contributed by atoms with Crippen LogP contribution in [-0.4, -0.2) is 35.1 Å². The Bertz CT molecular complexity index is 1110. The predicted molar refractivity (Wildman–Crippen MR) is 135 cm³/mol. The van der Waals surface area contributed by atoms with Crippen molar-refractivity contribution in [2.45, 2.75) is 58.3 Å². The van der Waals surface area contributed by atoms with Crippen LogP contribution in [0.4, 0.5) is 11.4 Å². The number of hydrogen-bond donors (Lipinski definition) is 2. The number of hydrogen-bond acceptors (Lipinski definition) is 4. The van der Waals surface area contributed by atoms with Gasteiger partial charge in [-0.05, 0) is 48.1 Å². The molecule has 2 aromatic carbocycles. The van der Waals surface area contributed by atoms with E-state index in [2.05, 4.69) is 31.4 Å². The second-order valence-corrected chi connectivity index (χ2v) is 10.5. The van der Waals surface area contributed by atoms with Gasteiger partial charge >= 0.3 is 0 Å². The van der Waals surface area contributed by atoms with Gasteiger partial charge in [-0.2, -0.15) is 0 Å². The number of likely N-dealkylation sites (tertiary alicyclic amines) is 1. The molecule has 1 aliphatic heterocycles. The van der Waals surface area contributed by atoms with E-state index in [1.54, 1.807) is 36.4 Å². The Labute approximate surface area is 206 Å². The maximum Gasteiger partial charge on any atom is 0.255 e. The third-order valence-electron chi connectivity index (χ3n) is 6.96. The molecule has 4 amide bonds. The third-order valence-corrected chi connectivity index (χ3v) is 6.96. The molecule has 7 nitrogen and oxygen atoms in total. The molecule has 0 spiro atoms. The molecule has 2 fully saturated rings. The molecule has 1 heterocycles. The summed E-state index contributed by atoms with van der Waals surface area (Å²) >= 11 is 0. The van der Waals surface area contributed by atoms with E-state index in [0.29, 0.717) is 16.9 Å². The van der Waals surface area contributed by atoms with E-state index in [9.17, 15) is 19.2 Å². The Kier molecular flexibility index (Phi) is 7.05. The fourth-order valence-corrected chi connectivity index (χ4v) is 4.89. The monoisotopic (exact) mass is 475 g/mol. The molecule has 4 rings (SSSR count). The quantitative estimate of drug-likeness (QED) is 0.590. The molecule has 35 heavy (non-hydrogen) atoms.